The Morgan fingerprint density at radius 1 is 1.53 bits per heavy atom. The van der Waals surface area contributed by atoms with E-state index in [4.69, 9.17) is 4.74 Å². The van der Waals surface area contributed by atoms with Gasteiger partial charge in [-0.05, 0) is 17.9 Å². The summed E-state index contributed by atoms with van der Waals surface area (Å²) in [5.41, 5.74) is 0.557. The van der Waals surface area contributed by atoms with Crippen LogP contribution in [0.4, 0.5) is 0 Å². The first-order chi connectivity index (χ1) is 8.90. The lowest BCUT2D eigenvalue weighted by molar-refractivity contribution is -0.144. The van der Waals surface area contributed by atoms with Gasteiger partial charge in [-0.15, -0.1) is 0 Å². The molecule has 0 aromatic carbocycles. The predicted molar refractivity (Wildman–Crippen MR) is 69.1 cm³/mol. The van der Waals surface area contributed by atoms with Crippen LogP contribution in [-0.4, -0.2) is 35.0 Å². The smallest absolute Gasteiger partial charge is 0.310 e. The molecule has 1 aliphatic heterocycles. The summed E-state index contributed by atoms with van der Waals surface area (Å²) < 4.78 is 5.54. The molecule has 0 amide bonds. The van der Waals surface area contributed by atoms with Crippen LogP contribution in [0, 0.1) is 29.1 Å². The fourth-order valence-corrected chi connectivity index (χ4v) is 4.72. The van der Waals surface area contributed by atoms with E-state index in [1.165, 1.54) is 0 Å². The zero-order chi connectivity index (χ0) is 13.9. The largest absolute Gasteiger partial charge is 0.462 e. The third-order valence-electron chi connectivity index (χ3n) is 5.55. The maximum Gasteiger partial charge on any atom is 0.310 e. The molecular weight excluding hydrogens is 244 g/mol. The van der Waals surface area contributed by atoms with E-state index in [0.29, 0.717) is 12.3 Å². The van der Waals surface area contributed by atoms with E-state index in [-0.39, 0.29) is 41.8 Å². The zero-order valence-corrected chi connectivity index (χ0v) is 11.7. The molecule has 106 valence electrons. The summed E-state index contributed by atoms with van der Waals surface area (Å²) in [6, 6.07) is 0. The molecule has 1 saturated carbocycles. The van der Waals surface area contributed by atoms with Crippen molar-refractivity contribution in [3.05, 3.63) is 11.6 Å². The average molecular weight is 266 g/mol. The summed E-state index contributed by atoms with van der Waals surface area (Å²) in [5, 5.41) is 19.8. The first-order valence-electron chi connectivity index (χ1n) is 7.10. The van der Waals surface area contributed by atoms with Gasteiger partial charge in [-0.25, -0.2) is 0 Å². The van der Waals surface area contributed by atoms with Crippen molar-refractivity contribution in [2.45, 2.75) is 39.4 Å². The van der Waals surface area contributed by atoms with Crippen LogP contribution < -0.4 is 0 Å². The van der Waals surface area contributed by atoms with Crippen molar-refractivity contribution >= 4 is 5.97 Å². The molecule has 0 aromatic rings. The third kappa shape index (κ3) is 1.56. The maximum absolute atomic E-state index is 12.2. The van der Waals surface area contributed by atoms with Crippen molar-refractivity contribution in [2.75, 3.05) is 6.61 Å². The van der Waals surface area contributed by atoms with Crippen LogP contribution >= 0.6 is 0 Å². The SMILES string of the molecule is CC(C)[C@@H]1[C@@H]2C(=O)O[C@H]1C[C@@]1(C)C(CO)=C[C@H](O)[C@@H]21. The van der Waals surface area contributed by atoms with Crippen molar-refractivity contribution in [1.29, 1.82) is 0 Å². The van der Waals surface area contributed by atoms with Crippen LogP contribution in [0.3, 0.4) is 0 Å². The number of hydrogen-bond acceptors (Lipinski definition) is 4. The summed E-state index contributed by atoms with van der Waals surface area (Å²) in [6.07, 6.45) is 1.74. The maximum atomic E-state index is 12.2. The number of fused-ring (bicyclic) bond motifs is 4. The number of hydrogen-bond donors (Lipinski definition) is 2. The molecule has 3 rings (SSSR count). The monoisotopic (exact) mass is 266 g/mol. The quantitative estimate of drug-likeness (QED) is 0.580. The van der Waals surface area contributed by atoms with Gasteiger partial charge in [-0.1, -0.05) is 26.8 Å². The number of esters is 1. The van der Waals surface area contributed by atoms with Gasteiger partial charge < -0.3 is 14.9 Å². The molecular formula is C15H22O4. The van der Waals surface area contributed by atoms with Gasteiger partial charge in [0.15, 0.2) is 0 Å². The lowest BCUT2D eigenvalue weighted by atomic mass is 9.56. The number of carbonyl (C=O) groups is 1. The molecule has 0 unspecified atom stereocenters. The molecule has 2 bridgehead atoms. The number of aliphatic hydroxyl groups is 2. The molecule has 1 heterocycles. The Hall–Kier alpha value is -0.870. The number of ether oxygens (including phenoxy) is 1. The molecule has 4 heteroatoms. The van der Waals surface area contributed by atoms with Crippen LogP contribution in [0.2, 0.25) is 0 Å². The molecule has 2 fully saturated rings. The molecule has 2 N–H and O–H groups in total. The van der Waals surface area contributed by atoms with E-state index in [0.717, 1.165) is 5.57 Å². The van der Waals surface area contributed by atoms with Gasteiger partial charge >= 0.3 is 5.97 Å². The van der Waals surface area contributed by atoms with E-state index in [1.807, 2.05) is 0 Å². The second-order valence-corrected chi connectivity index (χ2v) is 6.81. The fraction of sp³-hybridized carbons (Fsp3) is 0.800. The lowest BCUT2D eigenvalue weighted by Crippen LogP contribution is -2.49. The molecule has 6 atom stereocenters. The first-order valence-corrected chi connectivity index (χ1v) is 7.10. The summed E-state index contributed by atoms with van der Waals surface area (Å²) in [6.45, 7) is 6.21. The lowest BCUT2D eigenvalue weighted by Gasteiger charge is -2.46. The number of aliphatic hydroxyl groups excluding tert-OH is 2. The minimum absolute atomic E-state index is 0.0516. The van der Waals surface area contributed by atoms with Crippen molar-refractivity contribution in [1.82, 2.24) is 0 Å². The Labute approximate surface area is 113 Å². The van der Waals surface area contributed by atoms with E-state index in [1.54, 1.807) is 6.08 Å². The van der Waals surface area contributed by atoms with Gasteiger partial charge in [-0.3, -0.25) is 4.79 Å². The molecule has 1 saturated heterocycles. The Bertz CT molecular complexity index is 441. The van der Waals surface area contributed by atoms with Crippen LogP contribution in [0.25, 0.3) is 0 Å². The minimum Gasteiger partial charge on any atom is -0.462 e. The van der Waals surface area contributed by atoms with Crippen LogP contribution in [0.5, 0.6) is 0 Å². The second kappa shape index (κ2) is 4.06. The van der Waals surface area contributed by atoms with Gasteiger partial charge in [0.25, 0.3) is 0 Å². The van der Waals surface area contributed by atoms with Crippen LogP contribution in [0.1, 0.15) is 27.2 Å². The second-order valence-electron chi connectivity index (χ2n) is 6.81. The van der Waals surface area contributed by atoms with Crippen molar-refractivity contribution in [3.8, 4) is 0 Å². The number of carbonyl (C=O) groups excluding carboxylic acids is 1. The predicted octanol–water partition coefficient (Wildman–Crippen LogP) is 1.12. The third-order valence-corrected chi connectivity index (χ3v) is 5.55. The highest BCUT2D eigenvalue weighted by Gasteiger charge is 2.64. The zero-order valence-electron chi connectivity index (χ0n) is 11.7. The Morgan fingerprint density at radius 3 is 2.79 bits per heavy atom. The molecule has 4 nitrogen and oxygen atoms in total. The minimum atomic E-state index is -0.648. The Morgan fingerprint density at radius 2 is 2.21 bits per heavy atom. The summed E-state index contributed by atoms with van der Waals surface area (Å²) in [4.78, 5) is 12.2. The van der Waals surface area contributed by atoms with Crippen LogP contribution in [-0.2, 0) is 9.53 Å². The van der Waals surface area contributed by atoms with Crippen molar-refractivity contribution < 1.29 is 19.7 Å². The summed E-state index contributed by atoms with van der Waals surface area (Å²) in [5.74, 6) is -0.000501. The van der Waals surface area contributed by atoms with Crippen LogP contribution in [0.15, 0.2) is 11.6 Å². The Kier molecular flexibility index (Phi) is 2.81. The van der Waals surface area contributed by atoms with Gasteiger partial charge in [0.05, 0.1) is 18.6 Å². The molecule has 0 spiro atoms. The highest BCUT2D eigenvalue weighted by Crippen LogP contribution is 2.60. The van der Waals surface area contributed by atoms with Gasteiger partial charge in [0.1, 0.15) is 6.10 Å². The van der Waals surface area contributed by atoms with E-state index < -0.39 is 6.10 Å². The number of rotatable bonds is 2. The van der Waals surface area contributed by atoms with Gasteiger partial charge in [0, 0.05) is 17.3 Å². The van der Waals surface area contributed by atoms with Gasteiger partial charge in [-0.2, -0.15) is 0 Å². The molecule has 0 radical (unpaired) electrons. The van der Waals surface area contributed by atoms with E-state index in [9.17, 15) is 15.0 Å². The standard InChI is InChI=1S/C15H22O4/c1-7(2)11-10-5-15(3)8(6-16)4-9(17)13(15)12(11)14(18)19-10/h4,7,9-13,16-17H,5-6H2,1-3H3/t9-,10-,11-,12-,13-,15-/m0/s1. The highest BCUT2D eigenvalue weighted by molar-refractivity contribution is 5.77. The molecule has 19 heavy (non-hydrogen) atoms. The highest BCUT2D eigenvalue weighted by atomic mass is 16.6. The molecule has 2 aliphatic carbocycles. The topological polar surface area (TPSA) is 66.8 Å². The fourth-order valence-electron chi connectivity index (χ4n) is 4.72. The van der Waals surface area contributed by atoms with Crippen molar-refractivity contribution in [2.24, 2.45) is 29.1 Å². The van der Waals surface area contributed by atoms with Crippen molar-refractivity contribution in [3.63, 3.8) is 0 Å². The van der Waals surface area contributed by atoms with E-state index >= 15 is 0 Å². The average Bonchev–Trinajstić information content (AvgIpc) is 2.71. The van der Waals surface area contributed by atoms with Gasteiger partial charge in [0.2, 0.25) is 0 Å². The Balaban J connectivity index is 2.04. The normalized spacial score (nSPS) is 48.2. The first kappa shape index (κ1) is 13.1. The molecule has 0 aromatic heterocycles. The summed E-state index contributed by atoms with van der Waals surface area (Å²) >= 11 is 0. The summed E-state index contributed by atoms with van der Waals surface area (Å²) in [7, 11) is 0. The molecule has 3 aliphatic rings. The van der Waals surface area contributed by atoms with E-state index in [2.05, 4.69) is 20.8 Å².